The second-order valence-corrected chi connectivity index (χ2v) is 6.45. The summed E-state index contributed by atoms with van der Waals surface area (Å²) in [4.78, 5) is 14.5. The predicted molar refractivity (Wildman–Crippen MR) is 87.9 cm³/mol. The molecule has 2 atom stereocenters. The van der Waals surface area contributed by atoms with Crippen molar-refractivity contribution in [2.24, 2.45) is 7.05 Å². The summed E-state index contributed by atoms with van der Waals surface area (Å²) in [6, 6.07) is 5.92. The first-order chi connectivity index (χ1) is 11.4. The molecule has 5 nitrogen and oxygen atoms in total. The Hall–Kier alpha value is -2.21. The molecule has 128 valence electrons. The number of carbonyl (C=O) groups is 1. The highest BCUT2D eigenvalue weighted by Gasteiger charge is 2.35. The van der Waals surface area contributed by atoms with Crippen molar-refractivity contribution >= 4 is 5.91 Å². The largest absolute Gasteiger partial charge is 0.391 e. The van der Waals surface area contributed by atoms with E-state index in [1.54, 1.807) is 21.7 Å². The Morgan fingerprint density at radius 1 is 1.33 bits per heavy atom. The summed E-state index contributed by atoms with van der Waals surface area (Å²) < 4.78 is 14.9. The maximum Gasteiger partial charge on any atom is 0.227 e. The summed E-state index contributed by atoms with van der Waals surface area (Å²) in [5, 5.41) is 14.4. The molecule has 0 saturated carbocycles. The van der Waals surface area contributed by atoms with E-state index in [1.165, 1.54) is 12.1 Å². The van der Waals surface area contributed by atoms with E-state index < -0.39 is 6.10 Å². The van der Waals surface area contributed by atoms with Crippen molar-refractivity contribution in [3.63, 3.8) is 0 Å². The van der Waals surface area contributed by atoms with Crippen molar-refractivity contribution in [2.75, 3.05) is 6.54 Å². The highest BCUT2D eigenvalue weighted by molar-refractivity contribution is 5.80. The Balaban J connectivity index is 1.83. The van der Waals surface area contributed by atoms with Crippen LogP contribution < -0.4 is 0 Å². The van der Waals surface area contributed by atoms with E-state index in [4.69, 9.17) is 0 Å². The van der Waals surface area contributed by atoms with Crippen LogP contribution in [-0.2, 0) is 18.3 Å². The SMILES string of the molecule is Cc1nn(C)c(C)c1CC(=O)N1C[C@H](O)C[C@H]1c1ccc(F)cc1. The van der Waals surface area contributed by atoms with Crippen molar-refractivity contribution in [3.05, 3.63) is 52.6 Å². The molecular weight excluding hydrogens is 309 g/mol. The third-order valence-electron chi connectivity index (χ3n) is 4.84. The molecule has 0 spiro atoms. The number of aliphatic hydroxyl groups is 1. The lowest BCUT2D eigenvalue weighted by molar-refractivity contribution is -0.131. The van der Waals surface area contributed by atoms with Gasteiger partial charge in [-0.2, -0.15) is 5.10 Å². The predicted octanol–water partition coefficient (Wildman–Crippen LogP) is 2.05. The van der Waals surface area contributed by atoms with Gasteiger partial charge in [-0.15, -0.1) is 0 Å². The second-order valence-electron chi connectivity index (χ2n) is 6.45. The van der Waals surface area contributed by atoms with Gasteiger partial charge in [0.2, 0.25) is 5.91 Å². The molecule has 2 aromatic rings. The minimum absolute atomic E-state index is 0.0416. The number of aromatic nitrogens is 2. The maximum atomic E-state index is 13.1. The van der Waals surface area contributed by atoms with Gasteiger partial charge in [0, 0.05) is 24.8 Å². The molecule has 0 unspecified atom stereocenters. The molecule has 3 rings (SSSR count). The first-order valence-corrected chi connectivity index (χ1v) is 8.09. The van der Waals surface area contributed by atoms with E-state index in [9.17, 15) is 14.3 Å². The molecule has 2 heterocycles. The summed E-state index contributed by atoms with van der Waals surface area (Å²) >= 11 is 0. The lowest BCUT2D eigenvalue weighted by Gasteiger charge is -2.25. The number of β-amino-alcohol motifs (C(OH)–C–C–N with tert-alkyl or cyclic N) is 1. The van der Waals surface area contributed by atoms with Crippen LogP contribution in [0.5, 0.6) is 0 Å². The van der Waals surface area contributed by atoms with Gasteiger partial charge in [0.05, 0.1) is 24.3 Å². The molecule has 1 fully saturated rings. The molecule has 0 bridgehead atoms. The summed E-state index contributed by atoms with van der Waals surface area (Å²) in [5.41, 5.74) is 3.60. The van der Waals surface area contributed by atoms with Crippen LogP contribution in [0.1, 0.15) is 35.0 Å². The van der Waals surface area contributed by atoms with Crippen LogP contribution in [-0.4, -0.2) is 38.3 Å². The van der Waals surface area contributed by atoms with Crippen LogP contribution in [0.15, 0.2) is 24.3 Å². The first kappa shape index (κ1) is 16.6. The maximum absolute atomic E-state index is 13.1. The van der Waals surface area contributed by atoms with Gasteiger partial charge < -0.3 is 10.0 Å². The summed E-state index contributed by atoms with van der Waals surface area (Å²) in [7, 11) is 1.86. The number of likely N-dealkylation sites (tertiary alicyclic amines) is 1. The molecule has 6 heteroatoms. The number of nitrogens with zero attached hydrogens (tertiary/aromatic N) is 3. The summed E-state index contributed by atoms with van der Waals surface area (Å²) in [5.74, 6) is -0.350. The summed E-state index contributed by atoms with van der Waals surface area (Å²) in [6.45, 7) is 4.14. The van der Waals surface area contributed by atoms with Gasteiger partial charge in [0.1, 0.15) is 5.82 Å². The number of aryl methyl sites for hydroxylation is 2. The van der Waals surface area contributed by atoms with Gasteiger partial charge in [-0.3, -0.25) is 9.48 Å². The van der Waals surface area contributed by atoms with Gasteiger partial charge in [-0.05, 0) is 38.0 Å². The van der Waals surface area contributed by atoms with Crippen LogP contribution in [0.2, 0.25) is 0 Å². The van der Waals surface area contributed by atoms with Crippen molar-refractivity contribution in [3.8, 4) is 0 Å². The van der Waals surface area contributed by atoms with Crippen LogP contribution in [0.25, 0.3) is 0 Å². The third-order valence-corrected chi connectivity index (χ3v) is 4.84. The van der Waals surface area contributed by atoms with Gasteiger partial charge >= 0.3 is 0 Å². The monoisotopic (exact) mass is 331 g/mol. The number of aliphatic hydroxyl groups excluding tert-OH is 1. The molecule has 1 N–H and O–H groups in total. The Morgan fingerprint density at radius 3 is 2.58 bits per heavy atom. The lowest BCUT2D eigenvalue weighted by Crippen LogP contribution is -2.33. The fourth-order valence-electron chi connectivity index (χ4n) is 3.42. The van der Waals surface area contributed by atoms with E-state index in [2.05, 4.69) is 5.10 Å². The average molecular weight is 331 g/mol. The van der Waals surface area contributed by atoms with Gasteiger partial charge in [-0.25, -0.2) is 4.39 Å². The Kier molecular flexibility index (Phi) is 4.41. The highest BCUT2D eigenvalue weighted by atomic mass is 19.1. The van der Waals surface area contributed by atoms with Crippen LogP contribution in [0, 0.1) is 19.7 Å². The Bertz CT molecular complexity index is 754. The molecule has 1 saturated heterocycles. The number of benzene rings is 1. The minimum atomic E-state index is -0.555. The van der Waals surface area contributed by atoms with Gasteiger partial charge in [0.25, 0.3) is 0 Å². The number of hydrogen-bond acceptors (Lipinski definition) is 3. The Morgan fingerprint density at radius 2 is 2.00 bits per heavy atom. The number of carbonyl (C=O) groups excluding carboxylic acids is 1. The van der Waals surface area contributed by atoms with E-state index >= 15 is 0 Å². The molecule has 24 heavy (non-hydrogen) atoms. The van der Waals surface area contributed by atoms with Gasteiger partial charge in [-0.1, -0.05) is 12.1 Å². The number of rotatable bonds is 3. The molecule has 1 amide bonds. The van der Waals surface area contributed by atoms with Crippen LogP contribution in [0.4, 0.5) is 4.39 Å². The molecule has 0 aliphatic carbocycles. The highest BCUT2D eigenvalue weighted by Crippen LogP contribution is 2.33. The standard InChI is InChI=1S/C18H22FN3O2/c1-11-16(12(2)21(3)20-11)9-18(24)22-10-15(23)8-17(22)13-4-6-14(19)7-5-13/h4-7,15,17,23H,8-10H2,1-3H3/t15-,17+/m1/s1. The lowest BCUT2D eigenvalue weighted by atomic mass is 10.0. The van der Waals surface area contributed by atoms with Crippen molar-refractivity contribution in [1.82, 2.24) is 14.7 Å². The first-order valence-electron chi connectivity index (χ1n) is 8.09. The smallest absolute Gasteiger partial charge is 0.227 e. The average Bonchev–Trinajstić information content (AvgIpc) is 3.03. The quantitative estimate of drug-likeness (QED) is 0.936. The number of amides is 1. The zero-order chi connectivity index (χ0) is 17.4. The molecule has 1 aromatic heterocycles. The molecular formula is C18H22FN3O2. The zero-order valence-corrected chi connectivity index (χ0v) is 14.2. The van der Waals surface area contributed by atoms with Crippen molar-refractivity contribution in [2.45, 2.75) is 38.8 Å². The fraction of sp³-hybridized carbons (Fsp3) is 0.444. The van der Waals surface area contributed by atoms with Crippen molar-refractivity contribution in [1.29, 1.82) is 0 Å². The molecule has 1 aliphatic heterocycles. The minimum Gasteiger partial charge on any atom is -0.391 e. The number of halogens is 1. The van der Waals surface area contributed by atoms with E-state index in [1.807, 2.05) is 20.9 Å². The topological polar surface area (TPSA) is 58.4 Å². The molecule has 1 aromatic carbocycles. The molecule has 0 radical (unpaired) electrons. The molecule has 1 aliphatic rings. The van der Waals surface area contributed by atoms with E-state index in [0.717, 1.165) is 22.5 Å². The van der Waals surface area contributed by atoms with Crippen molar-refractivity contribution < 1.29 is 14.3 Å². The van der Waals surface area contributed by atoms with Crippen LogP contribution in [0.3, 0.4) is 0 Å². The van der Waals surface area contributed by atoms with E-state index in [-0.39, 0.29) is 24.2 Å². The van der Waals surface area contributed by atoms with Crippen LogP contribution >= 0.6 is 0 Å². The van der Waals surface area contributed by atoms with E-state index in [0.29, 0.717) is 13.0 Å². The fourth-order valence-corrected chi connectivity index (χ4v) is 3.42. The summed E-state index contributed by atoms with van der Waals surface area (Å²) in [6.07, 6.45) is 0.179. The Labute approximate surface area is 140 Å². The second kappa shape index (κ2) is 6.36. The third kappa shape index (κ3) is 3.06. The number of hydrogen-bond donors (Lipinski definition) is 1. The normalized spacial score (nSPS) is 20.6. The zero-order valence-electron chi connectivity index (χ0n) is 14.2. The van der Waals surface area contributed by atoms with Gasteiger partial charge in [0.15, 0.2) is 0 Å².